The summed E-state index contributed by atoms with van der Waals surface area (Å²) in [6.07, 6.45) is 1.61. The second-order valence-electron chi connectivity index (χ2n) is 5.50. The number of amides is 1. The summed E-state index contributed by atoms with van der Waals surface area (Å²) in [5.74, 6) is 0.416. The molecule has 1 amide bonds. The van der Waals surface area contributed by atoms with E-state index in [2.05, 4.69) is 10.4 Å². The topological polar surface area (TPSA) is 97.1 Å². The van der Waals surface area contributed by atoms with Crippen LogP contribution in [0.25, 0.3) is 10.8 Å². The first kappa shape index (κ1) is 15.8. The van der Waals surface area contributed by atoms with Crippen LogP contribution in [0.1, 0.15) is 25.1 Å². The summed E-state index contributed by atoms with van der Waals surface area (Å²) in [4.78, 5) is 36.4. The molecule has 124 valence electrons. The molecule has 3 aromatic rings. The lowest BCUT2D eigenvalue weighted by Crippen LogP contribution is -2.33. The first-order valence-corrected chi connectivity index (χ1v) is 7.61. The molecule has 3 rings (SSSR count). The fourth-order valence-corrected chi connectivity index (χ4v) is 2.54. The number of fused-ring (bicyclic) bond motifs is 1. The van der Waals surface area contributed by atoms with E-state index >= 15 is 0 Å². The third-order valence-electron chi connectivity index (χ3n) is 3.79. The SMILES string of the molecule is C[C@@H](NC(=O)CCn1[nH]c(=O)c2ccccc2c1=O)c1ccco1. The molecule has 0 saturated heterocycles. The van der Waals surface area contributed by atoms with Gasteiger partial charge in [0.15, 0.2) is 0 Å². The zero-order valence-electron chi connectivity index (χ0n) is 13.1. The summed E-state index contributed by atoms with van der Waals surface area (Å²) in [7, 11) is 0. The molecule has 0 aliphatic rings. The van der Waals surface area contributed by atoms with Gasteiger partial charge in [-0.3, -0.25) is 19.5 Å². The van der Waals surface area contributed by atoms with Crippen molar-refractivity contribution in [1.82, 2.24) is 15.1 Å². The zero-order valence-corrected chi connectivity index (χ0v) is 13.1. The molecule has 2 aromatic heterocycles. The normalized spacial score (nSPS) is 12.2. The summed E-state index contributed by atoms with van der Waals surface area (Å²) >= 11 is 0. The summed E-state index contributed by atoms with van der Waals surface area (Å²) in [5, 5.41) is 5.97. The van der Waals surface area contributed by atoms with Crippen molar-refractivity contribution in [2.45, 2.75) is 25.9 Å². The number of hydrogen-bond acceptors (Lipinski definition) is 4. The van der Waals surface area contributed by atoms with Crippen LogP contribution in [0.5, 0.6) is 0 Å². The summed E-state index contributed by atoms with van der Waals surface area (Å²) in [5.41, 5.74) is -0.674. The predicted octanol–water partition coefficient (Wildman–Crippen LogP) is 1.55. The lowest BCUT2D eigenvalue weighted by atomic mass is 10.2. The Labute approximate surface area is 136 Å². The summed E-state index contributed by atoms with van der Waals surface area (Å²) in [6.45, 7) is 1.90. The summed E-state index contributed by atoms with van der Waals surface area (Å²) in [6, 6.07) is 9.85. The third kappa shape index (κ3) is 3.15. The largest absolute Gasteiger partial charge is 0.467 e. The van der Waals surface area contributed by atoms with E-state index < -0.39 is 0 Å². The number of aryl methyl sites for hydroxylation is 1. The maximum atomic E-state index is 12.3. The first-order valence-electron chi connectivity index (χ1n) is 7.61. The Morgan fingerprint density at radius 3 is 2.67 bits per heavy atom. The van der Waals surface area contributed by atoms with Crippen LogP contribution in [0.3, 0.4) is 0 Å². The van der Waals surface area contributed by atoms with Gasteiger partial charge in [-0.15, -0.1) is 0 Å². The van der Waals surface area contributed by atoms with Gasteiger partial charge in [0, 0.05) is 6.42 Å². The van der Waals surface area contributed by atoms with Crippen LogP contribution < -0.4 is 16.4 Å². The molecule has 2 N–H and O–H groups in total. The molecular formula is C17H17N3O4. The minimum Gasteiger partial charge on any atom is -0.467 e. The van der Waals surface area contributed by atoms with Gasteiger partial charge in [-0.2, -0.15) is 0 Å². The number of furan rings is 1. The molecule has 0 aliphatic heterocycles. The van der Waals surface area contributed by atoms with Crippen LogP contribution in [0.4, 0.5) is 0 Å². The van der Waals surface area contributed by atoms with Crippen molar-refractivity contribution in [1.29, 1.82) is 0 Å². The van der Waals surface area contributed by atoms with Gasteiger partial charge < -0.3 is 9.73 Å². The lowest BCUT2D eigenvalue weighted by molar-refractivity contribution is -0.122. The zero-order chi connectivity index (χ0) is 17.1. The number of aromatic amines is 1. The van der Waals surface area contributed by atoms with Crippen LogP contribution in [-0.4, -0.2) is 15.7 Å². The molecule has 0 aliphatic carbocycles. The Morgan fingerprint density at radius 1 is 1.21 bits per heavy atom. The molecule has 0 radical (unpaired) electrons. The Balaban J connectivity index is 1.72. The van der Waals surface area contributed by atoms with E-state index in [9.17, 15) is 14.4 Å². The van der Waals surface area contributed by atoms with Crippen molar-refractivity contribution in [2.24, 2.45) is 0 Å². The van der Waals surface area contributed by atoms with Gasteiger partial charge in [0.1, 0.15) is 5.76 Å². The van der Waals surface area contributed by atoms with E-state index in [4.69, 9.17) is 4.42 Å². The number of aromatic nitrogens is 2. The molecule has 2 heterocycles. The highest BCUT2D eigenvalue weighted by atomic mass is 16.3. The first-order chi connectivity index (χ1) is 11.6. The average molecular weight is 327 g/mol. The minimum absolute atomic E-state index is 0.0687. The second-order valence-corrected chi connectivity index (χ2v) is 5.50. The van der Waals surface area contributed by atoms with Crippen molar-refractivity contribution in [3.05, 3.63) is 69.1 Å². The van der Waals surface area contributed by atoms with E-state index in [-0.39, 0.29) is 36.0 Å². The molecule has 0 bridgehead atoms. The molecule has 24 heavy (non-hydrogen) atoms. The number of carbonyl (C=O) groups is 1. The minimum atomic E-state index is -0.352. The Hall–Kier alpha value is -3.09. The molecular weight excluding hydrogens is 310 g/mol. The van der Waals surface area contributed by atoms with E-state index in [1.807, 2.05) is 0 Å². The lowest BCUT2D eigenvalue weighted by Gasteiger charge is -2.12. The molecule has 0 spiro atoms. The van der Waals surface area contributed by atoms with Gasteiger partial charge in [-0.05, 0) is 31.2 Å². The Bertz CT molecular complexity index is 969. The predicted molar refractivity (Wildman–Crippen MR) is 88.7 cm³/mol. The Kier molecular flexibility index (Phi) is 4.33. The molecule has 0 unspecified atom stereocenters. The number of nitrogens with zero attached hydrogens (tertiary/aromatic N) is 1. The van der Waals surface area contributed by atoms with Crippen molar-refractivity contribution in [3.8, 4) is 0 Å². The van der Waals surface area contributed by atoms with Crippen molar-refractivity contribution >= 4 is 16.7 Å². The van der Waals surface area contributed by atoms with E-state index in [0.717, 1.165) is 0 Å². The van der Waals surface area contributed by atoms with E-state index in [1.165, 1.54) is 10.9 Å². The fourth-order valence-electron chi connectivity index (χ4n) is 2.54. The smallest absolute Gasteiger partial charge is 0.273 e. The van der Waals surface area contributed by atoms with Gasteiger partial charge in [-0.25, -0.2) is 4.68 Å². The quantitative estimate of drug-likeness (QED) is 0.743. The van der Waals surface area contributed by atoms with Crippen LogP contribution in [0, 0.1) is 0 Å². The molecule has 0 saturated carbocycles. The van der Waals surface area contributed by atoms with Gasteiger partial charge in [0.05, 0.1) is 29.6 Å². The number of benzene rings is 1. The van der Waals surface area contributed by atoms with Gasteiger partial charge in [0.25, 0.3) is 11.1 Å². The highest BCUT2D eigenvalue weighted by Gasteiger charge is 2.13. The number of H-pyrrole nitrogens is 1. The van der Waals surface area contributed by atoms with E-state index in [1.54, 1.807) is 43.3 Å². The molecule has 1 aromatic carbocycles. The van der Waals surface area contributed by atoms with Crippen LogP contribution >= 0.6 is 0 Å². The van der Waals surface area contributed by atoms with Gasteiger partial charge in [0.2, 0.25) is 5.91 Å². The van der Waals surface area contributed by atoms with Crippen molar-refractivity contribution in [2.75, 3.05) is 0 Å². The number of nitrogens with one attached hydrogen (secondary N) is 2. The maximum absolute atomic E-state index is 12.3. The molecule has 1 atom stereocenters. The van der Waals surface area contributed by atoms with Crippen molar-refractivity contribution < 1.29 is 9.21 Å². The fraction of sp³-hybridized carbons (Fsp3) is 0.235. The van der Waals surface area contributed by atoms with Gasteiger partial charge >= 0.3 is 0 Å². The summed E-state index contributed by atoms with van der Waals surface area (Å²) < 4.78 is 6.39. The molecule has 7 heteroatoms. The van der Waals surface area contributed by atoms with Crippen LogP contribution in [-0.2, 0) is 11.3 Å². The third-order valence-corrected chi connectivity index (χ3v) is 3.79. The highest BCUT2D eigenvalue weighted by Crippen LogP contribution is 2.12. The molecule has 0 fully saturated rings. The number of rotatable bonds is 5. The number of carbonyl (C=O) groups excluding carboxylic acids is 1. The molecule has 7 nitrogen and oxygen atoms in total. The Morgan fingerprint density at radius 2 is 1.96 bits per heavy atom. The van der Waals surface area contributed by atoms with Gasteiger partial charge in [-0.1, -0.05) is 12.1 Å². The van der Waals surface area contributed by atoms with Crippen molar-refractivity contribution in [3.63, 3.8) is 0 Å². The van der Waals surface area contributed by atoms with E-state index in [0.29, 0.717) is 16.5 Å². The maximum Gasteiger partial charge on any atom is 0.273 e. The average Bonchev–Trinajstić information content (AvgIpc) is 3.11. The standard InChI is InChI=1S/C17H17N3O4/c1-11(14-7-4-10-24-14)18-15(21)8-9-20-17(23)13-6-3-2-5-12(13)16(22)19-20/h2-7,10-11H,8-9H2,1H3,(H,18,21)(H,19,22)/t11-/m1/s1. The highest BCUT2D eigenvalue weighted by molar-refractivity contribution is 5.80. The monoisotopic (exact) mass is 327 g/mol. The van der Waals surface area contributed by atoms with Crippen LogP contribution in [0.15, 0.2) is 56.7 Å². The van der Waals surface area contributed by atoms with Crippen LogP contribution in [0.2, 0.25) is 0 Å². The second kappa shape index (κ2) is 6.57. The number of hydrogen-bond donors (Lipinski definition) is 2.